The number of nitrogens with two attached hydrogens (primary N) is 1. The number of hydrogen-bond acceptors (Lipinski definition) is 5. The van der Waals surface area contributed by atoms with Crippen LogP contribution in [0.3, 0.4) is 0 Å². The maximum Gasteiger partial charge on any atom is 0.416 e. The van der Waals surface area contributed by atoms with E-state index in [4.69, 9.17) is 5.73 Å². The monoisotopic (exact) mass is 464 g/mol. The predicted octanol–water partition coefficient (Wildman–Crippen LogP) is 5.01. The van der Waals surface area contributed by atoms with Crippen molar-refractivity contribution in [3.63, 3.8) is 0 Å². The third kappa shape index (κ3) is 4.61. The van der Waals surface area contributed by atoms with Crippen LogP contribution < -0.4 is 16.4 Å². The zero-order valence-electron chi connectivity index (χ0n) is 17.0. The van der Waals surface area contributed by atoms with Crippen molar-refractivity contribution in [2.75, 3.05) is 17.2 Å². The second kappa shape index (κ2) is 8.51. The maximum absolute atomic E-state index is 14.3. The third-order valence-electron chi connectivity index (χ3n) is 5.47. The average Bonchev–Trinajstić information content (AvgIpc) is 3.37. The van der Waals surface area contributed by atoms with Gasteiger partial charge in [0.15, 0.2) is 5.13 Å². The molecule has 2 atom stereocenters. The molecule has 0 saturated carbocycles. The summed E-state index contributed by atoms with van der Waals surface area (Å²) in [6.45, 7) is 2.21. The van der Waals surface area contributed by atoms with Crippen molar-refractivity contribution >= 4 is 28.1 Å². The van der Waals surface area contributed by atoms with Crippen LogP contribution in [0, 0.1) is 5.82 Å². The summed E-state index contributed by atoms with van der Waals surface area (Å²) in [5.41, 5.74) is 7.72. The van der Waals surface area contributed by atoms with Gasteiger partial charge in [0.25, 0.3) is 0 Å². The summed E-state index contributed by atoms with van der Waals surface area (Å²) in [5, 5.41) is 6.23. The van der Waals surface area contributed by atoms with Gasteiger partial charge in [-0.1, -0.05) is 30.4 Å². The minimum atomic E-state index is -4.37. The molecule has 5 nitrogen and oxygen atoms in total. The van der Waals surface area contributed by atoms with Gasteiger partial charge in [0.2, 0.25) is 5.91 Å². The van der Waals surface area contributed by atoms with Gasteiger partial charge in [0, 0.05) is 18.8 Å². The molecule has 1 aliphatic heterocycles. The van der Waals surface area contributed by atoms with Crippen LogP contribution in [0.15, 0.2) is 42.6 Å². The van der Waals surface area contributed by atoms with Crippen LogP contribution in [0.25, 0.3) is 10.4 Å². The molecule has 4 rings (SSSR count). The number of hydrogen-bond donors (Lipinski definition) is 3. The third-order valence-corrected chi connectivity index (χ3v) is 6.48. The van der Waals surface area contributed by atoms with Gasteiger partial charge in [-0.05, 0) is 46.9 Å². The zero-order valence-corrected chi connectivity index (χ0v) is 17.8. The molecule has 1 aromatic heterocycles. The fourth-order valence-electron chi connectivity index (χ4n) is 3.54. The summed E-state index contributed by atoms with van der Waals surface area (Å²) in [6.07, 6.45) is -2.62. The number of halogens is 4. The molecular weight excluding hydrogens is 444 g/mol. The second-order valence-corrected chi connectivity index (χ2v) is 8.73. The Balaban J connectivity index is 1.40. The fraction of sp³-hybridized carbons (Fsp3) is 0.273. The minimum absolute atomic E-state index is 0.140. The molecular formula is C22H20F4N4OS. The van der Waals surface area contributed by atoms with Crippen LogP contribution in [0.4, 0.5) is 28.4 Å². The van der Waals surface area contributed by atoms with E-state index in [9.17, 15) is 22.4 Å². The number of rotatable bonds is 6. The molecule has 2 unspecified atom stereocenters. The largest absolute Gasteiger partial charge is 0.416 e. The molecule has 0 radical (unpaired) electrons. The molecule has 2 heterocycles. The first kappa shape index (κ1) is 22.2. The van der Waals surface area contributed by atoms with E-state index in [1.54, 1.807) is 12.3 Å². The highest BCUT2D eigenvalue weighted by Gasteiger charge is 2.30. The lowest BCUT2D eigenvalue weighted by Gasteiger charge is -2.21. The number of nitrogens with zero attached hydrogens (tertiary/aromatic N) is 1. The number of carbonyl (C=O) groups is 1. The number of thiazole rings is 1. The molecule has 0 aliphatic carbocycles. The van der Waals surface area contributed by atoms with Gasteiger partial charge < -0.3 is 16.4 Å². The van der Waals surface area contributed by atoms with E-state index >= 15 is 0 Å². The molecule has 0 spiro atoms. The van der Waals surface area contributed by atoms with E-state index in [2.05, 4.69) is 15.6 Å². The van der Waals surface area contributed by atoms with Crippen LogP contribution >= 0.6 is 11.3 Å². The molecule has 1 aliphatic rings. The van der Waals surface area contributed by atoms with Crippen LogP contribution in [-0.2, 0) is 17.4 Å². The van der Waals surface area contributed by atoms with E-state index in [0.29, 0.717) is 28.4 Å². The van der Waals surface area contributed by atoms with Crippen LogP contribution in [-0.4, -0.2) is 23.5 Å². The highest BCUT2D eigenvalue weighted by atomic mass is 32.1. The van der Waals surface area contributed by atoms with Gasteiger partial charge in [-0.25, -0.2) is 9.37 Å². The maximum atomic E-state index is 14.3. The van der Waals surface area contributed by atoms with Crippen molar-refractivity contribution < 1.29 is 22.4 Å². The van der Waals surface area contributed by atoms with Crippen LogP contribution in [0.2, 0.25) is 0 Å². The summed E-state index contributed by atoms with van der Waals surface area (Å²) < 4.78 is 52.5. The number of fused-ring (bicyclic) bond motifs is 1. The minimum Gasteiger partial charge on any atom is -0.360 e. The first-order chi connectivity index (χ1) is 15.1. The molecule has 32 heavy (non-hydrogen) atoms. The number of carbonyl (C=O) groups excluding carboxylic acids is 1. The molecule has 2 aromatic carbocycles. The van der Waals surface area contributed by atoms with Gasteiger partial charge in [0.1, 0.15) is 5.82 Å². The smallest absolute Gasteiger partial charge is 0.360 e. The summed E-state index contributed by atoms with van der Waals surface area (Å²) in [4.78, 5) is 16.5. The zero-order chi connectivity index (χ0) is 23.0. The Morgan fingerprint density at radius 2 is 1.97 bits per heavy atom. The van der Waals surface area contributed by atoms with Crippen molar-refractivity contribution in [2.45, 2.75) is 31.5 Å². The number of benzene rings is 2. The van der Waals surface area contributed by atoms with Crippen LogP contribution in [0.1, 0.15) is 29.5 Å². The topological polar surface area (TPSA) is 80.0 Å². The first-order valence-electron chi connectivity index (χ1n) is 9.87. The normalized spacial score (nSPS) is 15.2. The fourth-order valence-corrected chi connectivity index (χ4v) is 4.35. The molecule has 0 saturated heterocycles. The van der Waals surface area contributed by atoms with E-state index in [0.717, 1.165) is 17.0 Å². The van der Waals surface area contributed by atoms with E-state index in [1.165, 1.54) is 29.5 Å². The van der Waals surface area contributed by atoms with E-state index in [1.807, 2.05) is 6.92 Å². The first-order valence-corrected chi connectivity index (χ1v) is 10.7. The van der Waals surface area contributed by atoms with Crippen molar-refractivity contribution in [3.8, 4) is 10.4 Å². The molecule has 0 fully saturated rings. The van der Waals surface area contributed by atoms with Crippen molar-refractivity contribution in [3.05, 3.63) is 65.1 Å². The number of anilines is 2. The Labute approximate surface area is 185 Å². The molecule has 10 heteroatoms. The highest BCUT2D eigenvalue weighted by Crippen LogP contribution is 2.35. The summed E-state index contributed by atoms with van der Waals surface area (Å²) in [6, 6.07) is 7.75. The van der Waals surface area contributed by atoms with Gasteiger partial charge in [-0.2, -0.15) is 13.2 Å². The van der Waals surface area contributed by atoms with Crippen molar-refractivity contribution in [1.29, 1.82) is 0 Å². The lowest BCUT2D eigenvalue weighted by molar-refractivity contribution is -0.137. The molecule has 4 N–H and O–H groups in total. The van der Waals surface area contributed by atoms with Crippen molar-refractivity contribution in [1.82, 2.24) is 4.98 Å². The Hall–Kier alpha value is -2.98. The Morgan fingerprint density at radius 1 is 1.25 bits per heavy atom. The Kier molecular flexibility index (Phi) is 5.91. The van der Waals surface area contributed by atoms with E-state index < -0.39 is 17.6 Å². The summed E-state index contributed by atoms with van der Waals surface area (Å²) in [5.74, 6) is -0.905. The Bertz CT molecular complexity index is 1140. The molecule has 3 aromatic rings. The number of alkyl halides is 3. The lowest BCUT2D eigenvalue weighted by atomic mass is 9.93. The lowest BCUT2D eigenvalue weighted by Crippen LogP contribution is -2.34. The standard InChI is InChI=1S/C22H20F4N4OS/c1-11(12-2-4-15(5-3-12)22(24,25)26)17(27)9-28-21-29-10-18(32-21)13-6-14-8-19(31)30-20(14)16(23)7-13/h2-7,10-11,17H,8-9,27H2,1H3,(H,28,29)(H,30,31). The van der Waals surface area contributed by atoms with Gasteiger partial charge in [0.05, 0.1) is 22.5 Å². The summed E-state index contributed by atoms with van der Waals surface area (Å²) >= 11 is 1.32. The molecule has 0 bridgehead atoms. The quantitative estimate of drug-likeness (QED) is 0.449. The van der Waals surface area contributed by atoms with Gasteiger partial charge in [-0.3, -0.25) is 4.79 Å². The van der Waals surface area contributed by atoms with Crippen molar-refractivity contribution in [2.24, 2.45) is 5.73 Å². The molecule has 1 amide bonds. The average molecular weight is 464 g/mol. The SMILES string of the molecule is CC(c1ccc(C(F)(F)F)cc1)C(N)CNc1ncc(-c2cc(F)c3c(c2)CC(=O)N3)s1. The van der Waals surface area contributed by atoms with E-state index in [-0.39, 0.29) is 30.0 Å². The number of amides is 1. The number of aromatic nitrogens is 1. The van der Waals surface area contributed by atoms with Gasteiger partial charge >= 0.3 is 6.18 Å². The predicted molar refractivity (Wildman–Crippen MR) is 116 cm³/mol. The van der Waals surface area contributed by atoms with Crippen LogP contribution in [0.5, 0.6) is 0 Å². The van der Waals surface area contributed by atoms with Gasteiger partial charge in [-0.15, -0.1) is 0 Å². The Morgan fingerprint density at radius 3 is 2.66 bits per heavy atom. The number of nitrogens with one attached hydrogen (secondary N) is 2. The summed E-state index contributed by atoms with van der Waals surface area (Å²) in [7, 11) is 0. The molecule has 168 valence electrons. The second-order valence-electron chi connectivity index (χ2n) is 7.70. The highest BCUT2D eigenvalue weighted by molar-refractivity contribution is 7.18.